The summed E-state index contributed by atoms with van der Waals surface area (Å²) in [4.78, 5) is 0. The van der Waals surface area contributed by atoms with Gasteiger partial charge in [0.2, 0.25) is 10.0 Å². The summed E-state index contributed by atoms with van der Waals surface area (Å²) in [5.74, 6) is 1.50. The summed E-state index contributed by atoms with van der Waals surface area (Å²) >= 11 is 0. The molecule has 1 aliphatic carbocycles. The monoisotopic (exact) mass is 219 g/mol. The van der Waals surface area contributed by atoms with Crippen LogP contribution in [0, 0.1) is 11.8 Å². The Hall–Kier alpha value is -0.0900. The fourth-order valence-corrected chi connectivity index (χ4v) is 3.25. The molecule has 4 heteroatoms. The van der Waals surface area contributed by atoms with Gasteiger partial charge >= 0.3 is 0 Å². The van der Waals surface area contributed by atoms with Crippen LogP contribution in [0.1, 0.15) is 39.5 Å². The summed E-state index contributed by atoms with van der Waals surface area (Å²) in [5.41, 5.74) is 0. The van der Waals surface area contributed by atoms with E-state index in [2.05, 4.69) is 11.6 Å². The van der Waals surface area contributed by atoms with Gasteiger partial charge in [-0.1, -0.05) is 26.7 Å². The van der Waals surface area contributed by atoms with Crippen molar-refractivity contribution in [1.29, 1.82) is 0 Å². The molecule has 14 heavy (non-hydrogen) atoms. The molecule has 0 saturated heterocycles. The predicted octanol–water partition coefficient (Wildman–Crippen LogP) is 1.75. The maximum Gasteiger partial charge on any atom is 0.211 e. The number of nitrogens with one attached hydrogen (secondary N) is 1. The largest absolute Gasteiger partial charge is 0.215 e. The highest BCUT2D eigenvalue weighted by Gasteiger charge is 2.24. The lowest BCUT2D eigenvalue weighted by molar-refractivity contribution is 0.414. The zero-order valence-corrected chi connectivity index (χ0v) is 9.94. The molecule has 0 radical (unpaired) electrons. The van der Waals surface area contributed by atoms with Crippen LogP contribution in [0.2, 0.25) is 0 Å². The fourth-order valence-electron chi connectivity index (χ4n) is 2.10. The van der Waals surface area contributed by atoms with Crippen LogP contribution in [-0.4, -0.2) is 20.7 Å². The predicted molar refractivity (Wildman–Crippen MR) is 58.6 cm³/mol. The second kappa shape index (κ2) is 5.12. The minimum Gasteiger partial charge on any atom is -0.215 e. The second-order valence-corrected chi connectivity index (χ2v) is 6.26. The highest BCUT2D eigenvalue weighted by molar-refractivity contribution is 7.89. The lowest BCUT2D eigenvalue weighted by Gasteiger charge is -2.15. The average Bonchev–Trinajstić information content (AvgIpc) is 2.48. The summed E-state index contributed by atoms with van der Waals surface area (Å²) in [6, 6.07) is 0. The summed E-state index contributed by atoms with van der Waals surface area (Å²) < 4.78 is 25.5. The Bertz CT molecular complexity index is 261. The third-order valence-corrected chi connectivity index (χ3v) is 4.63. The molecular weight excluding hydrogens is 198 g/mol. The van der Waals surface area contributed by atoms with E-state index in [0.29, 0.717) is 24.8 Å². The zero-order chi connectivity index (χ0) is 10.6. The van der Waals surface area contributed by atoms with E-state index in [-0.39, 0.29) is 5.75 Å². The molecule has 1 saturated carbocycles. The van der Waals surface area contributed by atoms with Gasteiger partial charge in [0.25, 0.3) is 0 Å². The minimum absolute atomic E-state index is 0.258. The first-order valence-corrected chi connectivity index (χ1v) is 7.17. The molecule has 0 aromatic carbocycles. The minimum atomic E-state index is -2.99. The Morgan fingerprint density at radius 1 is 1.36 bits per heavy atom. The van der Waals surface area contributed by atoms with Gasteiger partial charge in [0.05, 0.1) is 5.75 Å². The molecule has 0 aromatic rings. The molecule has 1 N–H and O–H groups in total. The molecule has 1 aliphatic rings. The van der Waals surface area contributed by atoms with Crippen LogP contribution >= 0.6 is 0 Å². The van der Waals surface area contributed by atoms with E-state index >= 15 is 0 Å². The molecule has 0 spiro atoms. The second-order valence-electron chi connectivity index (χ2n) is 4.34. The van der Waals surface area contributed by atoms with Gasteiger partial charge in [-0.15, -0.1) is 0 Å². The summed E-state index contributed by atoms with van der Waals surface area (Å²) in [6.45, 7) is 4.74. The van der Waals surface area contributed by atoms with Gasteiger partial charge in [-0.2, -0.15) is 0 Å². The third-order valence-electron chi connectivity index (χ3n) is 3.08. The molecule has 84 valence electrons. The van der Waals surface area contributed by atoms with Gasteiger partial charge in [0, 0.05) is 6.54 Å². The van der Waals surface area contributed by atoms with Crippen LogP contribution in [0.25, 0.3) is 0 Å². The van der Waals surface area contributed by atoms with E-state index < -0.39 is 10.0 Å². The summed E-state index contributed by atoms with van der Waals surface area (Å²) in [7, 11) is -2.99. The van der Waals surface area contributed by atoms with E-state index in [1.54, 1.807) is 0 Å². The lowest BCUT2D eigenvalue weighted by atomic mass is 9.99. The first-order valence-electron chi connectivity index (χ1n) is 5.52. The van der Waals surface area contributed by atoms with Crippen molar-refractivity contribution in [2.75, 3.05) is 12.3 Å². The average molecular weight is 219 g/mol. The summed E-state index contributed by atoms with van der Waals surface area (Å²) in [6.07, 6.45) is 4.37. The molecule has 0 heterocycles. The van der Waals surface area contributed by atoms with Crippen LogP contribution in [0.4, 0.5) is 0 Å². The molecule has 2 unspecified atom stereocenters. The van der Waals surface area contributed by atoms with Crippen molar-refractivity contribution < 1.29 is 8.42 Å². The number of sulfonamides is 1. The molecule has 0 amide bonds. The smallest absolute Gasteiger partial charge is 0.211 e. The van der Waals surface area contributed by atoms with Gasteiger partial charge < -0.3 is 0 Å². The van der Waals surface area contributed by atoms with Gasteiger partial charge in [0.1, 0.15) is 0 Å². The van der Waals surface area contributed by atoms with Crippen molar-refractivity contribution in [2.45, 2.75) is 39.5 Å². The molecule has 2 atom stereocenters. The van der Waals surface area contributed by atoms with Crippen LogP contribution in [0.15, 0.2) is 0 Å². The number of rotatable bonds is 5. The van der Waals surface area contributed by atoms with Crippen molar-refractivity contribution in [3.8, 4) is 0 Å². The van der Waals surface area contributed by atoms with Gasteiger partial charge in [0.15, 0.2) is 0 Å². The fraction of sp³-hybridized carbons (Fsp3) is 1.00. The molecule has 0 aliphatic heterocycles. The molecule has 1 rings (SSSR count). The van der Waals surface area contributed by atoms with Crippen molar-refractivity contribution in [2.24, 2.45) is 11.8 Å². The number of hydrogen-bond donors (Lipinski definition) is 1. The van der Waals surface area contributed by atoms with Crippen molar-refractivity contribution in [3.05, 3.63) is 0 Å². The van der Waals surface area contributed by atoms with Crippen LogP contribution in [-0.2, 0) is 10.0 Å². The van der Waals surface area contributed by atoms with E-state index in [0.717, 1.165) is 0 Å². The SMILES string of the molecule is CCCS(=O)(=O)NCC1CCCC1C. The highest BCUT2D eigenvalue weighted by Crippen LogP contribution is 2.30. The molecular formula is C10H21NO2S. The summed E-state index contributed by atoms with van der Waals surface area (Å²) in [5, 5.41) is 0. The van der Waals surface area contributed by atoms with Crippen LogP contribution in [0.3, 0.4) is 0 Å². The number of hydrogen-bond acceptors (Lipinski definition) is 2. The quantitative estimate of drug-likeness (QED) is 0.765. The normalized spacial score (nSPS) is 28.1. The first kappa shape index (κ1) is 12.0. The Morgan fingerprint density at radius 2 is 2.07 bits per heavy atom. The van der Waals surface area contributed by atoms with Crippen LogP contribution in [0.5, 0.6) is 0 Å². The Labute approximate surface area is 87.3 Å². The highest BCUT2D eigenvalue weighted by atomic mass is 32.2. The molecule has 1 fully saturated rings. The van der Waals surface area contributed by atoms with Crippen molar-refractivity contribution in [1.82, 2.24) is 4.72 Å². The van der Waals surface area contributed by atoms with E-state index in [9.17, 15) is 8.42 Å². The molecule has 0 aromatic heterocycles. The third kappa shape index (κ3) is 3.58. The molecule has 0 bridgehead atoms. The van der Waals surface area contributed by atoms with E-state index in [1.165, 1.54) is 19.3 Å². The van der Waals surface area contributed by atoms with Crippen molar-refractivity contribution in [3.63, 3.8) is 0 Å². The van der Waals surface area contributed by atoms with Gasteiger partial charge in [-0.25, -0.2) is 13.1 Å². The lowest BCUT2D eigenvalue weighted by Crippen LogP contribution is -2.31. The Morgan fingerprint density at radius 3 is 2.57 bits per heavy atom. The van der Waals surface area contributed by atoms with E-state index in [1.807, 2.05) is 6.92 Å². The standard InChI is InChI=1S/C10H21NO2S/c1-3-7-14(12,13)11-8-10-6-4-5-9(10)2/h9-11H,3-8H2,1-2H3. The zero-order valence-electron chi connectivity index (χ0n) is 9.12. The van der Waals surface area contributed by atoms with Gasteiger partial charge in [-0.05, 0) is 24.7 Å². The van der Waals surface area contributed by atoms with Crippen molar-refractivity contribution >= 4 is 10.0 Å². The van der Waals surface area contributed by atoms with E-state index in [4.69, 9.17) is 0 Å². The Balaban J connectivity index is 2.32. The van der Waals surface area contributed by atoms with Crippen LogP contribution < -0.4 is 4.72 Å². The topological polar surface area (TPSA) is 46.2 Å². The first-order chi connectivity index (χ1) is 6.55. The maximum absolute atomic E-state index is 11.4. The maximum atomic E-state index is 11.4. The Kier molecular flexibility index (Phi) is 4.38. The van der Waals surface area contributed by atoms with Gasteiger partial charge in [-0.3, -0.25) is 0 Å². The molecule has 3 nitrogen and oxygen atoms in total.